The molecule has 0 aromatic heterocycles. The minimum Gasteiger partial charge on any atom is -0.493 e. The van der Waals surface area contributed by atoms with Crippen molar-refractivity contribution < 1.29 is 9.47 Å². The number of ether oxygens (including phenoxy) is 2. The second-order valence-corrected chi connectivity index (χ2v) is 3.07. The molecule has 1 aliphatic heterocycles. The van der Waals surface area contributed by atoms with Crippen LogP contribution in [0.5, 0.6) is 11.5 Å². The zero-order chi connectivity index (χ0) is 11.0. The fraction of sp³-hybridized carbons (Fsp3) is 0.200. The molecule has 0 saturated carbocycles. The predicted molar refractivity (Wildman–Crippen MR) is 57.1 cm³/mol. The number of nitrogens with zero attached hydrogens (tertiary/aromatic N) is 1. The topological polar surface area (TPSA) is 80.7 Å². The normalized spacial score (nSPS) is 13.5. The Balaban J connectivity index is 2.69. The lowest BCUT2D eigenvalue weighted by Gasteiger charge is -2.11. The average Bonchev–Trinajstić information content (AvgIpc) is 2.53. The van der Waals surface area contributed by atoms with Crippen molar-refractivity contribution in [2.75, 3.05) is 14.2 Å². The van der Waals surface area contributed by atoms with Gasteiger partial charge in [-0.05, 0) is 12.1 Å². The number of hydrogen-bond acceptors (Lipinski definition) is 4. The van der Waals surface area contributed by atoms with Crippen molar-refractivity contribution in [3.8, 4) is 11.5 Å². The van der Waals surface area contributed by atoms with Crippen molar-refractivity contribution in [2.45, 2.75) is 0 Å². The molecule has 1 heterocycles. The monoisotopic (exact) mass is 205 g/mol. The maximum Gasteiger partial charge on any atom is 0.172 e. The van der Waals surface area contributed by atoms with E-state index in [1.165, 1.54) is 7.11 Å². The molecule has 0 bridgehead atoms. The highest BCUT2D eigenvalue weighted by Gasteiger charge is 2.25. The number of methoxy groups -OCH3 is 2. The van der Waals surface area contributed by atoms with Gasteiger partial charge in [-0.15, -0.1) is 0 Å². The summed E-state index contributed by atoms with van der Waals surface area (Å²) >= 11 is 0. The van der Waals surface area contributed by atoms with Crippen LogP contribution in [0.3, 0.4) is 0 Å². The van der Waals surface area contributed by atoms with Crippen LogP contribution in [0.2, 0.25) is 0 Å². The van der Waals surface area contributed by atoms with Crippen LogP contribution in [0.1, 0.15) is 11.1 Å². The molecule has 0 atom stereocenters. The van der Waals surface area contributed by atoms with Gasteiger partial charge in [0.05, 0.1) is 19.8 Å². The molecule has 0 amide bonds. The molecule has 0 radical (unpaired) electrons. The fourth-order valence-electron chi connectivity index (χ4n) is 1.61. The van der Waals surface area contributed by atoms with Gasteiger partial charge in [0, 0.05) is 5.56 Å². The maximum absolute atomic E-state index is 7.67. The highest BCUT2D eigenvalue weighted by Crippen LogP contribution is 2.35. The number of rotatable bonds is 2. The van der Waals surface area contributed by atoms with E-state index in [1.807, 2.05) is 0 Å². The number of aliphatic imine (C=N–C) groups is 1. The first-order valence-corrected chi connectivity index (χ1v) is 4.37. The van der Waals surface area contributed by atoms with E-state index in [9.17, 15) is 0 Å². The number of fused-ring (bicyclic) bond motifs is 1. The Morgan fingerprint density at radius 2 is 2.00 bits per heavy atom. The van der Waals surface area contributed by atoms with E-state index in [0.29, 0.717) is 22.9 Å². The van der Waals surface area contributed by atoms with Gasteiger partial charge in [0.25, 0.3) is 0 Å². The molecule has 0 spiro atoms. The zero-order valence-electron chi connectivity index (χ0n) is 8.50. The molecule has 0 unspecified atom stereocenters. The first-order valence-electron chi connectivity index (χ1n) is 4.37. The van der Waals surface area contributed by atoms with E-state index in [0.717, 1.165) is 5.56 Å². The Kier molecular flexibility index (Phi) is 2.07. The quantitative estimate of drug-likeness (QED) is 0.747. The molecule has 15 heavy (non-hydrogen) atoms. The third-order valence-electron chi connectivity index (χ3n) is 2.29. The predicted octanol–water partition coefficient (Wildman–Crippen LogP) is 0.748. The van der Waals surface area contributed by atoms with Crippen molar-refractivity contribution in [3.63, 3.8) is 0 Å². The van der Waals surface area contributed by atoms with E-state index in [4.69, 9.17) is 20.6 Å². The van der Waals surface area contributed by atoms with Gasteiger partial charge < -0.3 is 15.2 Å². The number of amidine groups is 2. The van der Waals surface area contributed by atoms with Gasteiger partial charge in [-0.2, -0.15) is 0 Å². The summed E-state index contributed by atoms with van der Waals surface area (Å²) in [6, 6.07) is 3.52. The van der Waals surface area contributed by atoms with Crippen molar-refractivity contribution >= 4 is 11.7 Å². The Hall–Kier alpha value is -2.04. The summed E-state index contributed by atoms with van der Waals surface area (Å²) in [7, 11) is 3.08. The van der Waals surface area contributed by atoms with E-state index in [-0.39, 0.29) is 5.84 Å². The smallest absolute Gasteiger partial charge is 0.172 e. The zero-order valence-corrected chi connectivity index (χ0v) is 8.50. The van der Waals surface area contributed by atoms with Gasteiger partial charge in [-0.3, -0.25) is 5.41 Å². The van der Waals surface area contributed by atoms with E-state index in [1.54, 1.807) is 19.2 Å². The highest BCUT2D eigenvalue weighted by atomic mass is 16.5. The van der Waals surface area contributed by atoms with Crippen LogP contribution in [0.4, 0.5) is 0 Å². The molecule has 0 aliphatic carbocycles. The largest absolute Gasteiger partial charge is 0.493 e. The van der Waals surface area contributed by atoms with Crippen molar-refractivity contribution in [1.29, 1.82) is 5.41 Å². The fourth-order valence-corrected chi connectivity index (χ4v) is 1.61. The first-order chi connectivity index (χ1) is 7.19. The van der Waals surface area contributed by atoms with Crippen molar-refractivity contribution in [1.82, 2.24) is 0 Å². The van der Waals surface area contributed by atoms with Gasteiger partial charge >= 0.3 is 0 Å². The molecular formula is C10H11N3O2. The van der Waals surface area contributed by atoms with Crippen LogP contribution in [-0.4, -0.2) is 25.9 Å². The lowest BCUT2D eigenvalue weighted by molar-refractivity contribution is 0.354. The lowest BCUT2D eigenvalue weighted by atomic mass is 10.1. The minimum atomic E-state index is 0.109. The van der Waals surface area contributed by atoms with Gasteiger partial charge in [-0.1, -0.05) is 0 Å². The molecular weight excluding hydrogens is 194 g/mol. The van der Waals surface area contributed by atoms with E-state index < -0.39 is 0 Å². The van der Waals surface area contributed by atoms with Gasteiger partial charge in [0.15, 0.2) is 17.3 Å². The summed E-state index contributed by atoms with van der Waals surface area (Å²) in [4.78, 5) is 3.88. The van der Waals surface area contributed by atoms with Crippen molar-refractivity contribution in [2.24, 2.45) is 10.7 Å². The molecule has 1 aliphatic rings. The van der Waals surface area contributed by atoms with E-state index in [2.05, 4.69) is 4.99 Å². The van der Waals surface area contributed by atoms with Crippen LogP contribution < -0.4 is 15.2 Å². The second-order valence-electron chi connectivity index (χ2n) is 3.07. The molecule has 5 nitrogen and oxygen atoms in total. The number of nitrogens with one attached hydrogen (secondary N) is 1. The summed E-state index contributed by atoms with van der Waals surface area (Å²) in [5.41, 5.74) is 6.98. The van der Waals surface area contributed by atoms with Crippen LogP contribution in [0, 0.1) is 5.41 Å². The Bertz CT molecular complexity index is 466. The summed E-state index contributed by atoms with van der Waals surface area (Å²) in [6.45, 7) is 0. The molecule has 5 heteroatoms. The third kappa shape index (κ3) is 1.24. The lowest BCUT2D eigenvalue weighted by Crippen LogP contribution is -2.10. The number of nitrogens with two attached hydrogens (primary N) is 1. The summed E-state index contributed by atoms with van der Waals surface area (Å²) in [6.07, 6.45) is 0. The number of benzene rings is 1. The molecule has 1 aromatic rings. The molecule has 78 valence electrons. The highest BCUT2D eigenvalue weighted by molar-refractivity contribution is 6.22. The Morgan fingerprint density at radius 1 is 1.27 bits per heavy atom. The van der Waals surface area contributed by atoms with Crippen molar-refractivity contribution in [3.05, 3.63) is 23.3 Å². The molecule has 0 fully saturated rings. The van der Waals surface area contributed by atoms with Gasteiger partial charge in [0.1, 0.15) is 5.84 Å². The Morgan fingerprint density at radius 3 is 2.60 bits per heavy atom. The van der Waals surface area contributed by atoms with Gasteiger partial charge in [0.2, 0.25) is 0 Å². The molecule has 3 N–H and O–H groups in total. The van der Waals surface area contributed by atoms with Gasteiger partial charge in [-0.25, -0.2) is 4.99 Å². The van der Waals surface area contributed by atoms with Crippen LogP contribution in [0.25, 0.3) is 0 Å². The summed E-state index contributed by atoms with van der Waals surface area (Å²) in [5.74, 6) is 1.53. The van der Waals surface area contributed by atoms with Crippen LogP contribution >= 0.6 is 0 Å². The molecule has 1 aromatic carbocycles. The van der Waals surface area contributed by atoms with E-state index >= 15 is 0 Å². The summed E-state index contributed by atoms with van der Waals surface area (Å²) < 4.78 is 10.3. The molecule has 0 saturated heterocycles. The first kappa shape index (κ1) is 9.51. The molecule has 2 rings (SSSR count). The SMILES string of the molecule is COc1ccc2c(c1OC)C(=N)N=C2N. The minimum absolute atomic E-state index is 0.109. The third-order valence-corrected chi connectivity index (χ3v) is 2.29. The second kappa shape index (κ2) is 3.27. The number of hydrogen-bond donors (Lipinski definition) is 2. The maximum atomic E-state index is 7.67. The standard InChI is InChI=1S/C10H11N3O2/c1-14-6-4-3-5-7(8(6)15-2)10(12)13-9(5)11/h3-4H,1-2H3,(H3,11,12,13). The Labute approximate surface area is 87.0 Å². The van der Waals surface area contributed by atoms with Crippen LogP contribution in [0.15, 0.2) is 17.1 Å². The average molecular weight is 205 g/mol. The summed E-state index contributed by atoms with van der Waals surface area (Å²) in [5, 5.41) is 7.67. The van der Waals surface area contributed by atoms with Crippen LogP contribution in [-0.2, 0) is 0 Å².